The molecule has 0 aromatic carbocycles. The molecule has 2 N–H and O–H groups in total. The van der Waals surface area contributed by atoms with Crippen LogP contribution in [0.25, 0.3) is 0 Å². The minimum absolute atomic E-state index is 0.159. The van der Waals surface area contributed by atoms with Gasteiger partial charge in [0.25, 0.3) is 0 Å². The summed E-state index contributed by atoms with van der Waals surface area (Å²) in [6.07, 6.45) is 2.15. The summed E-state index contributed by atoms with van der Waals surface area (Å²) in [5, 5.41) is 12.0. The van der Waals surface area contributed by atoms with Gasteiger partial charge in [0.05, 0.1) is 12.8 Å². The molecule has 1 fully saturated rings. The molecule has 20 heavy (non-hydrogen) atoms. The topological polar surface area (TPSA) is 64.5 Å². The molecule has 0 unspecified atom stereocenters. The smallest absolute Gasteiger partial charge is 0.224 e. The Kier molecular flexibility index (Phi) is 5.49. The van der Waals surface area contributed by atoms with Gasteiger partial charge in [-0.05, 0) is 19.9 Å². The van der Waals surface area contributed by atoms with E-state index in [2.05, 4.69) is 20.2 Å². The minimum Gasteiger partial charge on any atom is -0.395 e. The number of aliphatic hydroxyl groups excluding tert-OH is 1. The van der Waals surface area contributed by atoms with Gasteiger partial charge >= 0.3 is 0 Å². The maximum atomic E-state index is 13.9. The summed E-state index contributed by atoms with van der Waals surface area (Å²) >= 11 is 0. The quantitative estimate of drug-likeness (QED) is 0.823. The van der Waals surface area contributed by atoms with Crippen molar-refractivity contribution in [1.29, 1.82) is 0 Å². The minimum atomic E-state index is -0.387. The SMILES string of the molecule is CCNc1ncc(F)c(N2CCCN(CCO)CC2)n1. The molecular weight excluding hydrogens is 261 g/mol. The molecule has 1 aliphatic rings. The Labute approximate surface area is 118 Å². The van der Waals surface area contributed by atoms with Crippen LogP contribution in [0, 0.1) is 5.82 Å². The van der Waals surface area contributed by atoms with Crippen LogP contribution in [0.5, 0.6) is 0 Å². The first-order valence-electron chi connectivity index (χ1n) is 7.09. The molecule has 2 rings (SSSR count). The molecule has 0 bridgehead atoms. The summed E-state index contributed by atoms with van der Waals surface area (Å²) < 4.78 is 13.9. The van der Waals surface area contributed by atoms with Crippen molar-refractivity contribution in [3.05, 3.63) is 12.0 Å². The van der Waals surface area contributed by atoms with E-state index in [-0.39, 0.29) is 12.4 Å². The van der Waals surface area contributed by atoms with Gasteiger partial charge in [0.2, 0.25) is 5.95 Å². The highest BCUT2D eigenvalue weighted by Gasteiger charge is 2.19. The molecule has 0 radical (unpaired) electrons. The summed E-state index contributed by atoms with van der Waals surface area (Å²) in [6.45, 7) is 6.68. The Morgan fingerprint density at radius 3 is 2.95 bits per heavy atom. The van der Waals surface area contributed by atoms with Crippen molar-refractivity contribution in [2.24, 2.45) is 0 Å². The first-order chi connectivity index (χ1) is 9.74. The number of aliphatic hydroxyl groups is 1. The van der Waals surface area contributed by atoms with Crippen LogP contribution in [0.4, 0.5) is 16.2 Å². The summed E-state index contributed by atoms with van der Waals surface area (Å²) in [4.78, 5) is 12.3. The number of β-amino-alcohol motifs (C(OH)–C–C–N with tert-alkyl or cyclic N) is 1. The Hall–Kier alpha value is -1.47. The van der Waals surface area contributed by atoms with Gasteiger partial charge in [0, 0.05) is 32.7 Å². The second-order valence-corrected chi connectivity index (χ2v) is 4.80. The van der Waals surface area contributed by atoms with E-state index in [0.717, 1.165) is 26.1 Å². The largest absolute Gasteiger partial charge is 0.395 e. The van der Waals surface area contributed by atoms with E-state index < -0.39 is 0 Å². The third-order valence-electron chi connectivity index (χ3n) is 3.36. The molecule has 0 atom stereocenters. The second kappa shape index (κ2) is 7.35. The van der Waals surface area contributed by atoms with Crippen molar-refractivity contribution in [3.63, 3.8) is 0 Å². The fraction of sp³-hybridized carbons (Fsp3) is 0.692. The lowest BCUT2D eigenvalue weighted by Crippen LogP contribution is -2.33. The molecule has 112 valence electrons. The third-order valence-corrected chi connectivity index (χ3v) is 3.36. The number of anilines is 2. The highest BCUT2D eigenvalue weighted by Crippen LogP contribution is 2.19. The first-order valence-corrected chi connectivity index (χ1v) is 7.09. The normalized spacial score (nSPS) is 17.1. The van der Waals surface area contributed by atoms with Gasteiger partial charge in [-0.1, -0.05) is 0 Å². The van der Waals surface area contributed by atoms with Crippen LogP contribution in [0.3, 0.4) is 0 Å². The van der Waals surface area contributed by atoms with Crippen LogP contribution >= 0.6 is 0 Å². The first kappa shape index (κ1) is 14.9. The average Bonchev–Trinajstić information content (AvgIpc) is 2.67. The second-order valence-electron chi connectivity index (χ2n) is 4.80. The zero-order valence-electron chi connectivity index (χ0n) is 11.8. The zero-order valence-corrected chi connectivity index (χ0v) is 11.8. The molecule has 1 aromatic rings. The zero-order chi connectivity index (χ0) is 14.4. The molecule has 1 aliphatic heterocycles. The number of rotatable bonds is 5. The van der Waals surface area contributed by atoms with Crippen LogP contribution in [-0.2, 0) is 0 Å². The highest BCUT2D eigenvalue weighted by atomic mass is 19.1. The summed E-state index contributed by atoms with van der Waals surface area (Å²) in [6, 6.07) is 0. The summed E-state index contributed by atoms with van der Waals surface area (Å²) in [5.74, 6) is 0.435. The number of halogens is 1. The summed E-state index contributed by atoms with van der Waals surface area (Å²) in [7, 11) is 0. The van der Waals surface area contributed by atoms with Crippen molar-refractivity contribution in [3.8, 4) is 0 Å². The predicted molar refractivity (Wildman–Crippen MR) is 76.5 cm³/mol. The van der Waals surface area contributed by atoms with E-state index in [1.807, 2.05) is 11.8 Å². The van der Waals surface area contributed by atoms with Crippen LogP contribution in [-0.4, -0.2) is 65.8 Å². The van der Waals surface area contributed by atoms with E-state index in [1.54, 1.807) is 0 Å². The van der Waals surface area contributed by atoms with Gasteiger partial charge in [-0.3, -0.25) is 4.90 Å². The molecule has 1 aromatic heterocycles. The number of nitrogens with one attached hydrogen (secondary N) is 1. The van der Waals surface area contributed by atoms with Gasteiger partial charge in [-0.2, -0.15) is 4.98 Å². The van der Waals surface area contributed by atoms with Gasteiger partial charge in [-0.15, -0.1) is 0 Å². The molecule has 0 spiro atoms. The van der Waals surface area contributed by atoms with E-state index in [4.69, 9.17) is 5.11 Å². The van der Waals surface area contributed by atoms with E-state index in [1.165, 1.54) is 6.20 Å². The van der Waals surface area contributed by atoms with Gasteiger partial charge in [-0.25, -0.2) is 9.37 Å². The molecule has 7 heteroatoms. The van der Waals surface area contributed by atoms with E-state index in [9.17, 15) is 4.39 Å². The molecule has 0 saturated carbocycles. The molecular formula is C13H22FN5O. The van der Waals surface area contributed by atoms with Gasteiger partial charge in [0.1, 0.15) is 0 Å². The van der Waals surface area contributed by atoms with Crippen LogP contribution in [0.15, 0.2) is 6.20 Å². The third kappa shape index (κ3) is 3.77. The fourth-order valence-electron chi connectivity index (χ4n) is 2.37. The standard InChI is InChI=1S/C13H22FN5O/c1-2-15-13-16-10-11(14)12(17-13)19-5-3-4-18(6-7-19)8-9-20/h10,20H,2-9H2,1H3,(H,15,16,17). The van der Waals surface area contributed by atoms with Crippen LogP contribution in [0.2, 0.25) is 0 Å². The Morgan fingerprint density at radius 2 is 2.20 bits per heavy atom. The van der Waals surface area contributed by atoms with Crippen LogP contribution < -0.4 is 10.2 Å². The lowest BCUT2D eigenvalue weighted by Gasteiger charge is -2.23. The molecule has 6 nitrogen and oxygen atoms in total. The lowest BCUT2D eigenvalue weighted by molar-refractivity contribution is 0.204. The maximum Gasteiger partial charge on any atom is 0.224 e. The number of aromatic nitrogens is 2. The van der Waals surface area contributed by atoms with Crippen molar-refractivity contribution in [1.82, 2.24) is 14.9 Å². The Morgan fingerprint density at radius 1 is 1.35 bits per heavy atom. The average molecular weight is 283 g/mol. The van der Waals surface area contributed by atoms with Gasteiger partial charge in [0.15, 0.2) is 11.6 Å². The molecule has 0 amide bonds. The molecule has 0 aliphatic carbocycles. The highest BCUT2D eigenvalue weighted by molar-refractivity contribution is 5.44. The fourth-order valence-corrected chi connectivity index (χ4v) is 2.37. The van der Waals surface area contributed by atoms with Crippen molar-refractivity contribution in [2.45, 2.75) is 13.3 Å². The van der Waals surface area contributed by atoms with Crippen molar-refractivity contribution >= 4 is 11.8 Å². The van der Waals surface area contributed by atoms with Gasteiger partial charge < -0.3 is 15.3 Å². The maximum absolute atomic E-state index is 13.9. The predicted octanol–water partition coefficient (Wildman–Crippen LogP) is 0.552. The Bertz CT molecular complexity index is 431. The lowest BCUT2D eigenvalue weighted by atomic mass is 10.3. The molecule has 2 heterocycles. The van der Waals surface area contributed by atoms with Crippen molar-refractivity contribution in [2.75, 3.05) is 56.1 Å². The van der Waals surface area contributed by atoms with Crippen LogP contribution in [0.1, 0.15) is 13.3 Å². The Balaban J connectivity index is 2.08. The van der Waals surface area contributed by atoms with E-state index >= 15 is 0 Å². The molecule has 1 saturated heterocycles. The summed E-state index contributed by atoms with van der Waals surface area (Å²) in [5.41, 5.74) is 0. The monoisotopic (exact) mass is 283 g/mol. The number of nitrogens with zero attached hydrogens (tertiary/aromatic N) is 4. The number of hydrogen-bond donors (Lipinski definition) is 2. The number of hydrogen-bond acceptors (Lipinski definition) is 6. The van der Waals surface area contributed by atoms with E-state index in [0.29, 0.717) is 31.4 Å². The van der Waals surface area contributed by atoms with Crippen molar-refractivity contribution < 1.29 is 9.50 Å².